The van der Waals surface area contributed by atoms with Gasteiger partial charge in [-0.15, -0.1) is 0 Å². The van der Waals surface area contributed by atoms with E-state index in [1.54, 1.807) is 0 Å². The third kappa shape index (κ3) is 14.0. The van der Waals surface area contributed by atoms with Crippen molar-refractivity contribution in [1.29, 1.82) is 0 Å². The van der Waals surface area contributed by atoms with Crippen LogP contribution in [-0.4, -0.2) is 0 Å². The summed E-state index contributed by atoms with van der Waals surface area (Å²) in [6.45, 7) is 4.35. The summed E-state index contributed by atoms with van der Waals surface area (Å²) in [6, 6.07) is 114. The maximum Gasteiger partial charge on any atom is 0.136 e. The van der Waals surface area contributed by atoms with Crippen molar-refractivity contribution in [1.82, 2.24) is 0 Å². The smallest absolute Gasteiger partial charge is 0.136 e. The summed E-state index contributed by atoms with van der Waals surface area (Å²) < 4.78 is 236. The van der Waals surface area contributed by atoms with E-state index in [1.165, 1.54) is 5.56 Å². The van der Waals surface area contributed by atoms with Gasteiger partial charge >= 0.3 is 0 Å². The molecule has 3 aromatic heterocycles. The maximum atomic E-state index is 9.42. The zero-order valence-electron chi connectivity index (χ0n) is 104. The Morgan fingerprint density at radius 3 is 0.797 bits per heavy atom. The molecule has 0 N–H and O–H groups in total. The van der Waals surface area contributed by atoms with Gasteiger partial charge in [-0.3, -0.25) is 0 Å². The highest BCUT2D eigenvalue weighted by molar-refractivity contribution is 6.28. The summed E-state index contributed by atoms with van der Waals surface area (Å²) in [4.78, 5) is 0. The van der Waals surface area contributed by atoms with Crippen LogP contribution in [-0.2, 0) is 5.41 Å². The third-order valence-electron chi connectivity index (χ3n) is 29.9. The average molecular weight is 1910 g/mol. The molecule has 0 spiro atoms. The van der Waals surface area contributed by atoms with Gasteiger partial charge in [-0.25, -0.2) is 0 Å². The van der Waals surface area contributed by atoms with E-state index in [0.29, 0.717) is 66.8 Å². The van der Waals surface area contributed by atoms with E-state index < -0.39 is 72.5 Å². The molecule has 1 aliphatic rings. The van der Waals surface area contributed by atoms with Gasteiger partial charge < -0.3 is 13.3 Å². The Morgan fingerprint density at radius 2 is 0.405 bits per heavy atom. The van der Waals surface area contributed by atoms with Crippen LogP contribution in [0.15, 0.2) is 534 Å². The summed E-state index contributed by atoms with van der Waals surface area (Å²) in [7, 11) is 0. The van der Waals surface area contributed by atoms with Crippen LogP contribution in [0.25, 0.3) is 296 Å². The number of rotatable bonds is 10. The predicted molar refractivity (Wildman–Crippen MR) is 628 cm³/mol. The molecule has 3 heteroatoms. The number of hydrogen-bond acceptors (Lipinski definition) is 3. The number of furan rings is 3. The third-order valence-corrected chi connectivity index (χ3v) is 29.9. The molecule has 30 aromatic rings. The van der Waals surface area contributed by atoms with Gasteiger partial charge in [-0.1, -0.05) is 468 Å². The van der Waals surface area contributed by atoms with E-state index in [1.807, 2.05) is 291 Å². The fourth-order valence-corrected chi connectivity index (χ4v) is 23.1. The van der Waals surface area contributed by atoms with Gasteiger partial charge in [0.1, 0.15) is 33.5 Å². The largest absolute Gasteiger partial charge is 0.456 e. The molecule has 690 valence electrons. The van der Waals surface area contributed by atoms with Crippen LogP contribution < -0.4 is 0 Å². The van der Waals surface area contributed by atoms with E-state index in [-0.39, 0.29) is 143 Å². The molecule has 0 atom stereocenters. The van der Waals surface area contributed by atoms with E-state index >= 15 is 0 Å². The molecule has 0 unspecified atom stereocenters. The summed E-state index contributed by atoms with van der Waals surface area (Å²) in [6.07, 6.45) is 0. The minimum atomic E-state index is -0.428. The second-order valence-corrected chi connectivity index (χ2v) is 38.3. The van der Waals surface area contributed by atoms with Crippen LogP contribution in [0.2, 0.25) is 0 Å². The Morgan fingerprint density at radius 1 is 0.155 bits per heavy atom. The lowest BCUT2D eigenvalue weighted by molar-refractivity contribution is 0.660. The molecule has 0 fully saturated rings. The van der Waals surface area contributed by atoms with E-state index in [0.717, 1.165) is 170 Å². The Hall–Kier alpha value is -19.1. The zero-order valence-corrected chi connectivity index (χ0v) is 79.5. The lowest BCUT2D eigenvalue weighted by atomic mass is 9.81. The monoisotopic (exact) mass is 1900 g/mol. The summed E-state index contributed by atoms with van der Waals surface area (Å²) in [5.41, 5.74) is 21.5. The zero-order chi connectivity index (χ0) is 119. The molecule has 0 amide bonds. The Kier molecular flexibility index (Phi) is 15.1. The highest BCUT2D eigenvalue weighted by Crippen LogP contribution is 2.55. The van der Waals surface area contributed by atoms with Crippen molar-refractivity contribution in [3.63, 3.8) is 0 Å². The van der Waals surface area contributed by atoms with Crippen molar-refractivity contribution >= 4 is 174 Å². The highest BCUT2D eigenvalue weighted by atomic mass is 16.3. The quantitative estimate of drug-likeness (QED) is 0.128. The molecule has 3 heterocycles. The van der Waals surface area contributed by atoms with Crippen molar-refractivity contribution in [2.75, 3.05) is 0 Å². The van der Waals surface area contributed by atoms with Crippen molar-refractivity contribution in [2.24, 2.45) is 0 Å². The van der Waals surface area contributed by atoms with Gasteiger partial charge in [-0.2, -0.15) is 0 Å². The van der Waals surface area contributed by atoms with Crippen molar-refractivity contribution in [3.8, 4) is 122 Å². The highest BCUT2D eigenvalue weighted by Gasteiger charge is 2.36. The molecular formula is C145H92O3. The molecule has 0 saturated carbocycles. The molecule has 31 rings (SSSR count). The van der Waals surface area contributed by atoms with Crippen LogP contribution in [0, 0.1) is 0 Å². The van der Waals surface area contributed by atoms with Gasteiger partial charge in [0.2, 0.25) is 0 Å². The number of hydrogen-bond donors (Lipinski definition) is 0. The molecule has 0 bridgehead atoms. The Labute approximate surface area is 888 Å². The van der Waals surface area contributed by atoms with Crippen LogP contribution in [0.1, 0.15) is 57.9 Å². The fraction of sp³-hybridized carbons (Fsp3) is 0.0207. The first kappa shape index (κ1) is 64.5. The average Bonchev–Trinajstić information content (AvgIpc) is 0.851. The number of benzene rings is 27. The minimum Gasteiger partial charge on any atom is -0.456 e. The van der Waals surface area contributed by atoms with Gasteiger partial charge in [0.15, 0.2) is 0 Å². The first-order valence-corrected chi connectivity index (χ1v) is 49.2. The molecule has 0 saturated heterocycles. The summed E-state index contributed by atoms with van der Waals surface area (Å²) >= 11 is 0. The van der Waals surface area contributed by atoms with E-state index in [9.17, 15) is 16.4 Å². The number of fused-ring (bicyclic) bond motifs is 25. The predicted octanol–water partition coefficient (Wildman–Crippen LogP) is 41.3. The van der Waals surface area contributed by atoms with Gasteiger partial charge in [0.05, 0.1) is 32.9 Å². The molecule has 27 aromatic carbocycles. The Bertz CT molecular complexity index is 12100. The van der Waals surface area contributed by atoms with E-state index in [4.69, 9.17) is 29.7 Å². The lowest BCUT2D eigenvalue weighted by Crippen LogP contribution is -2.14. The Balaban J connectivity index is 0.000000116. The SMILES string of the molecule is [2H]c1c([2H])c([2H])c2c(-c3ccc4c(c3)-c3ccccc3C4(C)C)c3c([2H])c([2H])c([2H])c([2H])c3c(-c3ccc(-c4ccc5oc6ccc7ccccc7c6c5c4)cc3)c2c1[2H].[2H]c1c([2H])c([2H])c2c(-c3cccc(-c4ccccc4)c3)c3c([2H])c([2H])c([2H])c([2H])c3c(-c3ccc(-c4ccc5oc6ccc7ccccc7c6c5c4)cc3)c2c1[2H].[2H]c1c([2H])c([2H])c2c(-c3cccc4ccccc34)c3c([2H])c([2H])c([2H])c([2H])c3c(-c3ccc(-c4ccc5oc6ccc7ccccc7c6c5c4)cc3)c2c1[2H]. The first-order chi connectivity index (χ1) is 83.1. The molecule has 0 aliphatic heterocycles. The topological polar surface area (TPSA) is 39.4 Å². The lowest BCUT2D eigenvalue weighted by Gasteiger charge is -2.22. The first-order valence-electron chi connectivity index (χ1n) is 61.2. The van der Waals surface area contributed by atoms with Crippen molar-refractivity contribution in [2.45, 2.75) is 19.3 Å². The second kappa shape index (κ2) is 34.6. The molecule has 1 aliphatic carbocycles. The maximum absolute atomic E-state index is 9.42. The van der Waals surface area contributed by atoms with Crippen LogP contribution in [0.4, 0.5) is 0 Å². The normalized spacial score (nSPS) is 14.6. The summed E-state index contributed by atoms with van der Waals surface area (Å²) in [5.74, 6) is 0. The van der Waals surface area contributed by atoms with Crippen LogP contribution in [0.3, 0.4) is 0 Å². The van der Waals surface area contributed by atoms with Gasteiger partial charge in [0.25, 0.3) is 0 Å². The fourth-order valence-electron chi connectivity index (χ4n) is 23.1. The molecular weight excluding hydrogens is 1790 g/mol. The van der Waals surface area contributed by atoms with Crippen molar-refractivity contribution in [3.05, 3.63) is 532 Å². The van der Waals surface area contributed by atoms with Crippen molar-refractivity contribution < 1.29 is 46.1 Å². The second-order valence-electron chi connectivity index (χ2n) is 38.3. The van der Waals surface area contributed by atoms with Crippen LogP contribution in [0.5, 0.6) is 0 Å². The molecule has 148 heavy (non-hydrogen) atoms. The minimum absolute atomic E-state index is 0.185. The van der Waals surface area contributed by atoms with Gasteiger partial charge in [-0.05, 0) is 308 Å². The van der Waals surface area contributed by atoms with E-state index in [2.05, 4.69) is 98.8 Å². The summed E-state index contributed by atoms with van der Waals surface area (Å²) in [5, 5.41) is 16.7. The standard InChI is InChI=1S/C51H34O.C48H30O.C46H28O/c1-51(2)44-18-10-9-13-37(44)42-30-35(23-26-45(42)51)49-40-16-7-5-14-38(40)48(39-15-6-8-17-41(39)49)33-21-19-31(20-22-33)34-25-27-46-43(29-34)50-36-12-4-3-11-32(36)24-28-47(50)52-46;1-2-11-31(12-3-1)35-14-10-15-37(29-35)47-41-19-8-6-17-39(41)46(40-18-7-9-20-42(40)47)34-23-21-32(22-24-34)36-26-27-44-43(30-36)48-38-16-5-4-13-33(38)25-28-45(48)49-44;1-3-13-34-30(10-1)12-9-19-36(34)45-39-17-7-5-15-37(39)44(38-16-6-8-18-40(38)45)32-22-20-29(21-23-32)33-25-26-42-41(28-33)46-35-14-4-2-11-31(35)24-27-43(46)47-42/h3-30H,1-2H3;1-30H;1-28H/i5D,6D,7D,8D,14D,15D,16D,17D;6D,7D,8D,9D,17D,18D,19D,20D;5D,6D,7D,8D,15D,16D,17D,18D. The van der Waals surface area contributed by atoms with Gasteiger partial charge in [0, 0.05) is 37.7 Å². The molecule has 3 nitrogen and oxygen atoms in total. The van der Waals surface area contributed by atoms with Crippen LogP contribution >= 0.6 is 0 Å². The molecule has 0 radical (unpaired) electrons.